The molecule has 112 valence electrons. The van der Waals surface area contributed by atoms with E-state index in [0.29, 0.717) is 19.1 Å². The molecule has 0 aliphatic heterocycles. The highest BCUT2D eigenvalue weighted by atomic mass is 16.4. The second-order valence-electron chi connectivity index (χ2n) is 4.92. The highest BCUT2D eigenvalue weighted by Crippen LogP contribution is 1.97. The van der Waals surface area contributed by atoms with Crippen LogP contribution in [0.1, 0.15) is 33.6 Å². The number of rotatable bonds is 9. The summed E-state index contributed by atoms with van der Waals surface area (Å²) < 4.78 is 0. The molecule has 0 spiro atoms. The van der Waals surface area contributed by atoms with E-state index in [9.17, 15) is 9.59 Å². The maximum Gasteiger partial charge on any atom is 0.323 e. The molecule has 0 unspecified atom stereocenters. The van der Waals surface area contributed by atoms with Crippen LogP contribution >= 0.6 is 0 Å². The summed E-state index contributed by atoms with van der Waals surface area (Å²) in [7, 11) is 2.08. The van der Waals surface area contributed by atoms with Crippen LogP contribution in [-0.4, -0.2) is 66.2 Å². The van der Waals surface area contributed by atoms with E-state index in [1.54, 1.807) is 6.92 Å². The molecule has 0 saturated heterocycles. The number of carbonyl (C=O) groups is 2. The third-order valence-corrected chi connectivity index (χ3v) is 3.09. The molecule has 0 radical (unpaired) electrons. The first-order chi connectivity index (χ1) is 8.88. The molecule has 0 aliphatic carbocycles. The van der Waals surface area contributed by atoms with Crippen molar-refractivity contribution in [3.8, 4) is 0 Å². The number of unbranched alkanes of at least 4 members (excludes halogenated alkanes) is 1. The van der Waals surface area contributed by atoms with Crippen LogP contribution in [0.15, 0.2) is 0 Å². The number of hydrogen-bond acceptors (Lipinski definition) is 3. The van der Waals surface area contributed by atoms with Crippen molar-refractivity contribution >= 4 is 12.0 Å². The highest BCUT2D eigenvalue weighted by molar-refractivity contribution is 5.79. The van der Waals surface area contributed by atoms with E-state index in [2.05, 4.69) is 31.1 Å². The lowest BCUT2D eigenvalue weighted by Gasteiger charge is -2.21. The molecule has 19 heavy (non-hydrogen) atoms. The predicted molar refractivity (Wildman–Crippen MR) is 75.3 cm³/mol. The van der Waals surface area contributed by atoms with Crippen LogP contribution in [0.25, 0.3) is 0 Å². The number of hydrogen-bond donors (Lipinski definition) is 2. The van der Waals surface area contributed by atoms with Crippen LogP contribution in [0.3, 0.4) is 0 Å². The minimum Gasteiger partial charge on any atom is -0.480 e. The Morgan fingerprint density at radius 1 is 1.26 bits per heavy atom. The Hall–Kier alpha value is -1.30. The molecule has 6 heteroatoms. The van der Waals surface area contributed by atoms with E-state index in [-0.39, 0.29) is 12.6 Å². The summed E-state index contributed by atoms with van der Waals surface area (Å²) in [4.78, 5) is 25.8. The third-order valence-electron chi connectivity index (χ3n) is 3.09. The number of amides is 2. The fraction of sp³-hybridized carbons (Fsp3) is 0.846. The molecule has 0 fully saturated rings. The molecule has 0 rings (SSSR count). The second-order valence-corrected chi connectivity index (χ2v) is 4.92. The highest BCUT2D eigenvalue weighted by Gasteiger charge is 2.13. The quantitative estimate of drug-likeness (QED) is 0.620. The normalized spacial score (nSPS) is 10.8. The van der Waals surface area contributed by atoms with Crippen molar-refractivity contribution in [2.75, 3.05) is 33.2 Å². The maximum atomic E-state index is 11.7. The van der Waals surface area contributed by atoms with Crippen LogP contribution in [0.5, 0.6) is 0 Å². The number of carbonyl (C=O) groups excluding carboxylic acids is 1. The fourth-order valence-electron chi connectivity index (χ4n) is 1.54. The molecule has 6 nitrogen and oxygen atoms in total. The third kappa shape index (κ3) is 8.42. The fourth-order valence-corrected chi connectivity index (χ4v) is 1.54. The summed E-state index contributed by atoms with van der Waals surface area (Å²) >= 11 is 0. The summed E-state index contributed by atoms with van der Waals surface area (Å²) in [5, 5.41) is 11.4. The van der Waals surface area contributed by atoms with Gasteiger partial charge in [-0.3, -0.25) is 4.79 Å². The van der Waals surface area contributed by atoms with E-state index in [0.717, 1.165) is 19.4 Å². The van der Waals surface area contributed by atoms with Gasteiger partial charge in [0.25, 0.3) is 0 Å². The topological polar surface area (TPSA) is 72.9 Å². The number of carboxylic acids is 1. The van der Waals surface area contributed by atoms with Crippen molar-refractivity contribution in [2.24, 2.45) is 0 Å². The van der Waals surface area contributed by atoms with Crippen molar-refractivity contribution < 1.29 is 14.7 Å². The summed E-state index contributed by atoms with van der Waals surface area (Å²) in [6.45, 7) is 7.79. The Balaban J connectivity index is 3.75. The number of urea groups is 1. The summed E-state index contributed by atoms with van der Waals surface area (Å²) in [6.07, 6.45) is 1.91. The van der Waals surface area contributed by atoms with Crippen molar-refractivity contribution in [3.63, 3.8) is 0 Å². The zero-order valence-corrected chi connectivity index (χ0v) is 12.5. The van der Waals surface area contributed by atoms with Crippen molar-refractivity contribution in [2.45, 2.75) is 39.7 Å². The van der Waals surface area contributed by atoms with E-state index in [4.69, 9.17) is 5.11 Å². The van der Waals surface area contributed by atoms with E-state index in [1.165, 1.54) is 4.90 Å². The molecule has 0 bridgehead atoms. The Labute approximate surface area is 115 Å². The van der Waals surface area contributed by atoms with Crippen LogP contribution < -0.4 is 5.32 Å². The van der Waals surface area contributed by atoms with Gasteiger partial charge in [-0.2, -0.15) is 0 Å². The molecular weight excluding hydrogens is 246 g/mol. The summed E-state index contributed by atoms with van der Waals surface area (Å²) in [6, 6.07) is 0.225. The van der Waals surface area contributed by atoms with Crippen molar-refractivity contribution in [3.05, 3.63) is 0 Å². The molecular formula is C13H27N3O3. The van der Waals surface area contributed by atoms with Gasteiger partial charge in [0, 0.05) is 19.1 Å². The minimum absolute atomic E-state index is 0.252. The molecule has 0 aromatic carbocycles. The van der Waals surface area contributed by atoms with Gasteiger partial charge >= 0.3 is 12.0 Å². The smallest absolute Gasteiger partial charge is 0.323 e. The zero-order valence-electron chi connectivity index (χ0n) is 12.5. The number of nitrogens with zero attached hydrogens (tertiary/aromatic N) is 2. The molecule has 0 aromatic rings. The van der Waals surface area contributed by atoms with Crippen LogP contribution in [0, 0.1) is 0 Å². The van der Waals surface area contributed by atoms with E-state index >= 15 is 0 Å². The Bertz CT molecular complexity index is 282. The van der Waals surface area contributed by atoms with Gasteiger partial charge in [-0.1, -0.05) is 0 Å². The summed E-state index contributed by atoms with van der Waals surface area (Å²) in [5.41, 5.74) is 0. The average molecular weight is 273 g/mol. The Kier molecular flexibility index (Phi) is 8.95. The molecule has 0 aromatic heterocycles. The van der Waals surface area contributed by atoms with E-state index in [1.807, 2.05) is 0 Å². The number of likely N-dealkylation sites (N-methyl/N-ethyl adjacent to an activating group) is 1. The monoisotopic (exact) mass is 273 g/mol. The van der Waals surface area contributed by atoms with Gasteiger partial charge in [0.05, 0.1) is 0 Å². The van der Waals surface area contributed by atoms with Crippen LogP contribution in [0.4, 0.5) is 4.79 Å². The SMILES string of the molecule is CCN(CC(=O)O)C(=O)NCCCCN(C)C(C)C. The van der Waals surface area contributed by atoms with Gasteiger partial charge < -0.3 is 20.2 Å². The first-order valence-electron chi connectivity index (χ1n) is 6.83. The van der Waals surface area contributed by atoms with E-state index < -0.39 is 5.97 Å². The Morgan fingerprint density at radius 2 is 1.89 bits per heavy atom. The molecule has 2 N–H and O–H groups in total. The largest absolute Gasteiger partial charge is 0.480 e. The second kappa shape index (κ2) is 9.61. The number of aliphatic carboxylic acids is 1. The lowest BCUT2D eigenvalue weighted by molar-refractivity contribution is -0.137. The molecule has 0 aliphatic rings. The van der Waals surface area contributed by atoms with Crippen molar-refractivity contribution in [1.29, 1.82) is 0 Å². The zero-order chi connectivity index (χ0) is 14.8. The minimum atomic E-state index is -0.990. The van der Waals surface area contributed by atoms with Gasteiger partial charge in [-0.05, 0) is 47.2 Å². The molecule has 0 atom stereocenters. The lowest BCUT2D eigenvalue weighted by Crippen LogP contribution is -2.43. The van der Waals surface area contributed by atoms with Gasteiger partial charge in [-0.25, -0.2) is 4.79 Å². The first kappa shape index (κ1) is 17.7. The molecule has 0 saturated carbocycles. The lowest BCUT2D eigenvalue weighted by atomic mass is 10.2. The first-order valence-corrected chi connectivity index (χ1v) is 6.83. The molecule has 0 heterocycles. The predicted octanol–water partition coefficient (Wildman–Crippen LogP) is 1.22. The number of nitrogens with one attached hydrogen (secondary N) is 1. The molecule has 2 amide bonds. The standard InChI is InChI=1S/C13H27N3O3/c1-5-16(10-12(17)18)13(19)14-8-6-7-9-15(4)11(2)3/h11H,5-10H2,1-4H3,(H,14,19)(H,17,18). The number of carboxylic acid groups (broad SMARTS) is 1. The summed E-state index contributed by atoms with van der Waals surface area (Å²) in [5.74, 6) is -0.990. The van der Waals surface area contributed by atoms with Gasteiger partial charge in [0.15, 0.2) is 0 Å². The average Bonchev–Trinajstić information content (AvgIpc) is 2.34. The van der Waals surface area contributed by atoms with Crippen LogP contribution in [-0.2, 0) is 4.79 Å². The maximum absolute atomic E-state index is 11.7. The van der Waals surface area contributed by atoms with Crippen molar-refractivity contribution in [1.82, 2.24) is 15.1 Å². The van der Waals surface area contributed by atoms with Gasteiger partial charge in [0.1, 0.15) is 6.54 Å². The van der Waals surface area contributed by atoms with Gasteiger partial charge in [-0.15, -0.1) is 0 Å². The van der Waals surface area contributed by atoms with Crippen LogP contribution in [0.2, 0.25) is 0 Å². The Morgan fingerprint density at radius 3 is 2.37 bits per heavy atom. The van der Waals surface area contributed by atoms with Gasteiger partial charge in [0.2, 0.25) is 0 Å².